The number of thiazole rings is 1. The third kappa shape index (κ3) is 4.37. The molecule has 1 aliphatic heterocycles. The van der Waals surface area contributed by atoms with Gasteiger partial charge >= 0.3 is 6.36 Å². The van der Waals surface area contributed by atoms with Crippen LogP contribution in [0, 0.1) is 0 Å². The predicted octanol–water partition coefficient (Wildman–Crippen LogP) is 3.78. The number of ether oxygens (including phenoxy) is 1. The summed E-state index contributed by atoms with van der Waals surface area (Å²) in [4.78, 5) is 4.39. The first-order valence-corrected chi connectivity index (χ1v) is 7.45. The van der Waals surface area contributed by atoms with Crippen LogP contribution in [-0.2, 0) is 0 Å². The predicted molar refractivity (Wildman–Crippen MR) is 83.1 cm³/mol. The summed E-state index contributed by atoms with van der Waals surface area (Å²) in [5.74, 6) is -0.216. The highest BCUT2D eigenvalue weighted by Crippen LogP contribution is 2.32. The van der Waals surface area contributed by atoms with Gasteiger partial charge in [0.05, 0.1) is 10.2 Å². The molecule has 2 aromatic rings. The Labute approximate surface area is 135 Å². The highest BCUT2D eigenvalue weighted by Gasteiger charge is 2.31. The van der Waals surface area contributed by atoms with Crippen molar-refractivity contribution in [2.24, 2.45) is 0 Å². The molecule has 1 fully saturated rings. The summed E-state index contributed by atoms with van der Waals surface area (Å²) in [7, 11) is 0. The minimum Gasteiger partial charge on any atom is -0.406 e. The topological polar surface area (TPSA) is 46.2 Å². The van der Waals surface area contributed by atoms with Crippen molar-refractivity contribution in [1.29, 1.82) is 0 Å². The van der Waals surface area contributed by atoms with Crippen LogP contribution < -0.4 is 15.4 Å². The number of hydrogen-bond acceptors (Lipinski definition) is 5. The van der Waals surface area contributed by atoms with Gasteiger partial charge < -0.3 is 15.4 Å². The monoisotopic (exact) mass is 353 g/mol. The number of aromatic nitrogens is 1. The number of anilines is 1. The van der Waals surface area contributed by atoms with Gasteiger partial charge in [-0.2, -0.15) is 0 Å². The molecule has 122 valence electrons. The van der Waals surface area contributed by atoms with Crippen molar-refractivity contribution in [1.82, 2.24) is 10.3 Å². The highest BCUT2D eigenvalue weighted by atomic mass is 35.5. The molecule has 0 radical (unpaired) electrons. The lowest BCUT2D eigenvalue weighted by molar-refractivity contribution is -0.274. The average Bonchev–Trinajstić information content (AvgIpc) is 2.79. The van der Waals surface area contributed by atoms with Crippen LogP contribution in [0.4, 0.5) is 18.3 Å². The molecule has 0 unspecified atom stereocenters. The van der Waals surface area contributed by atoms with Crippen LogP contribution in [-0.4, -0.2) is 30.5 Å². The summed E-state index contributed by atoms with van der Waals surface area (Å²) < 4.78 is 41.2. The molecule has 1 saturated heterocycles. The first kappa shape index (κ1) is 17.1. The van der Waals surface area contributed by atoms with Gasteiger partial charge in [0.25, 0.3) is 0 Å². The van der Waals surface area contributed by atoms with Crippen molar-refractivity contribution < 1.29 is 17.9 Å². The molecular weight excluding hydrogens is 339 g/mol. The second kappa shape index (κ2) is 6.89. The van der Waals surface area contributed by atoms with E-state index < -0.39 is 6.36 Å². The number of benzene rings is 1. The number of fused-ring (bicyclic) bond motifs is 1. The Bertz CT molecular complexity index is 629. The maximum absolute atomic E-state index is 12.2. The van der Waals surface area contributed by atoms with Gasteiger partial charge in [-0.15, -0.1) is 25.6 Å². The standard InChI is InChI=1S/C13H14F3N3OS.ClH/c14-13(15,16)20-9-1-2-10-11(7-9)21-12(19-10)18-8-3-5-17-6-4-8;/h1-2,7-8,17H,3-6H2,(H,18,19);1H. The molecule has 0 bridgehead atoms. The quantitative estimate of drug-likeness (QED) is 0.881. The molecule has 2 N–H and O–H groups in total. The Morgan fingerprint density at radius 1 is 1.27 bits per heavy atom. The molecule has 22 heavy (non-hydrogen) atoms. The molecule has 4 nitrogen and oxygen atoms in total. The highest BCUT2D eigenvalue weighted by molar-refractivity contribution is 7.22. The SMILES string of the molecule is Cl.FC(F)(F)Oc1ccc2nc(NC3CCNCC3)sc2c1. The van der Waals surface area contributed by atoms with Gasteiger partial charge in [-0.1, -0.05) is 11.3 Å². The van der Waals surface area contributed by atoms with E-state index in [4.69, 9.17) is 0 Å². The maximum Gasteiger partial charge on any atom is 0.573 e. The summed E-state index contributed by atoms with van der Waals surface area (Å²) >= 11 is 1.34. The molecule has 3 rings (SSSR count). The molecular formula is C13H15ClF3N3OS. The van der Waals surface area contributed by atoms with Gasteiger partial charge in [0.2, 0.25) is 0 Å². The Morgan fingerprint density at radius 2 is 2.00 bits per heavy atom. The van der Waals surface area contributed by atoms with Crippen LogP contribution in [0.2, 0.25) is 0 Å². The first-order valence-electron chi connectivity index (χ1n) is 6.63. The van der Waals surface area contributed by atoms with Gasteiger partial charge in [0.15, 0.2) is 5.13 Å². The van der Waals surface area contributed by atoms with E-state index in [1.54, 1.807) is 6.07 Å². The van der Waals surface area contributed by atoms with Crippen LogP contribution >= 0.6 is 23.7 Å². The second-order valence-corrected chi connectivity index (χ2v) is 5.90. The summed E-state index contributed by atoms with van der Waals surface area (Å²) in [6, 6.07) is 4.55. The maximum atomic E-state index is 12.2. The van der Waals surface area contributed by atoms with E-state index in [1.165, 1.54) is 23.5 Å². The summed E-state index contributed by atoms with van der Waals surface area (Å²) in [6.07, 6.45) is -2.65. The molecule has 1 aromatic heterocycles. The molecule has 1 aliphatic rings. The largest absolute Gasteiger partial charge is 0.573 e. The number of piperidine rings is 1. The lowest BCUT2D eigenvalue weighted by Gasteiger charge is -2.23. The Kier molecular flexibility index (Phi) is 5.36. The van der Waals surface area contributed by atoms with Crippen molar-refractivity contribution in [3.05, 3.63) is 18.2 Å². The van der Waals surface area contributed by atoms with Crippen LogP contribution in [0.3, 0.4) is 0 Å². The zero-order valence-electron chi connectivity index (χ0n) is 11.4. The fraction of sp³-hybridized carbons (Fsp3) is 0.462. The van der Waals surface area contributed by atoms with Crippen molar-refractivity contribution in [3.8, 4) is 5.75 Å². The van der Waals surface area contributed by atoms with Gasteiger partial charge in [-0.05, 0) is 38.1 Å². The van der Waals surface area contributed by atoms with Crippen LogP contribution in [0.25, 0.3) is 10.2 Å². The summed E-state index contributed by atoms with van der Waals surface area (Å²) in [6.45, 7) is 1.93. The van der Waals surface area contributed by atoms with E-state index >= 15 is 0 Å². The van der Waals surface area contributed by atoms with E-state index in [2.05, 4.69) is 20.4 Å². The second-order valence-electron chi connectivity index (χ2n) is 4.86. The van der Waals surface area contributed by atoms with Crippen LogP contribution in [0.5, 0.6) is 5.75 Å². The minimum atomic E-state index is -4.67. The number of nitrogens with zero attached hydrogens (tertiary/aromatic N) is 1. The molecule has 0 atom stereocenters. The van der Waals surface area contributed by atoms with Gasteiger partial charge in [0, 0.05) is 12.1 Å². The molecule has 0 spiro atoms. The van der Waals surface area contributed by atoms with Crippen molar-refractivity contribution >= 4 is 39.1 Å². The zero-order chi connectivity index (χ0) is 14.9. The van der Waals surface area contributed by atoms with E-state index in [9.17, 15) is 13.2 Å². The smallest absolute Gasteiger partial charge is 0.406 e. The minimum absolute atomic E-state index is 0. The molecule has 0 saturated carbocycles. The average molecular weight is 354 g/mol. The third-order valence-electron chi connectivity index (χ3n) is 3.26. The van der Waals surface area contributed by atoms with E-state index in [0.29, 0.717) is 16.3 Å². The molecule has 2 heterocycles. The zero-order valence-corrected chi connectivity index (χ0v) is 13.1. The lowest BCUT2D eigenvalue weighted by atomic mass is 10.1. The Balaban J connectivity index is 0.00000176. The van der Waals surface area contributed by atoms with Crippen molar-refractivity contribution in [2.75, 3.05) is 18.4 Å². The van der Waals surface area contributed by atoms with Crippen molar-refractivity contribution in [3.63, 3.8) is 0 Å². The number of nitrogens with one attached hydrogen (secondary N) is 2. The molecule has 0 aliphatic carbocycles. The van der Waals surface area contributed by atoms with Gasteiger partial charge in [-0.25, -0.2) is 4.98 Å². The number of alkyl halides is 3. The Morgan fingerprint density at radius 3 is 2.68 bits per heavy atom. The van der Waals surface area contributed by atoms with E-state index in [0.717, 1.165) is 31.1 Å². The lowest BCUT2D eigenvalue weighted by Crippen LogP contribution is -2.35. The molecule has 9 heteroatoms. The molecule has 0 amide bonds. The third-order valence-corrected chi connectivity index (χ3v) is 4.21. The summed E-state index contributed by atoms with van der Waals surface area (Å²) in [5, 5.41) is 7.36. The van der Waals surface area contributed by atoms with Gasteiger partial charge in [-0.3, -0.25) is 0 Å². The fourth-order valence-corrected chi connectivity index (χ4v) is 3.28. The Hall–Kier alpha value is -1.25. The number of halogens is 4. The van der Waals surface area contributed by atoms with Crippen molar-refractivity contribution in [2.45, 2.75) is 25.2 Å². The fourth-order valence-electron chi connectivity index (χ4n) is 2.30. The molecule has 1 aromatic carbocycles. The van der Waals surface area contributed by atoms with E-state index in [-0.39, 0.29) is 18.2 Å². The van der Waals surface area contributed by atoms with Crippen LogP contribution in [0.1, 0.15) is 12.8 Å². The number of rotatable bonds is 3. The first-order chi connectivity index (χ1) is 9.99. The van der Waals surface area contributed by atoms with Gasteiger partial charge in [0.1, 0.15) is 5.75 Å². The normalized spacial score (nSPS) is 16.3. The van der Waals surface area contributed by atoms with E-state index in [1.807, 2.05) is 0 Å². The number of hydrogen-bond donors (Lipinski definition) is 2. The van der Waals surface area contributed by atoms with Crippen LogP contribution in [0.15, 0.2) is 18.2 Å². The summed E-state index contributed by atoms with van der Waals surface area (Å²) in [5.41, 5.74) is 0.672.